The van der Waals surface area contributed by atoms with Crippen molar-refractivity contribution in [3.63, 3.8) is 0 Å². The molecule has 0 saturated carbocycles. The summed E-state index contributed by atoms with van der Waals surface area (Å²) in [5.74, 6) is -0.0369. The van der Waals surface area contributed by atoms with Crippen LogP contribution < -0.4 is 16.6 Å². The van der Waals surface area contributed by atoms with Crippen molar-refractivity contribution in [2.45, 2.75) is 39.2 Å². The lowest BCUT2D eigenvalue weighted by Gasteiger charge is -2.06. The number of aromatic nitrogens is 2. The number of unbranched alkanes of at least 4 members (excludes halogenated alkanes) is 1. The van der Waals surface area contributed by atoms with E-state index in [0.29, 0.717) is 29.6 Å². The van der Waals surface area contributed by atoms with Gasteiger partial charge in [-0.2, -0.15) is 0 Å². The molecule has 0 unspecified atom stereocenters. The Balaban J connectivity index is 1.96. The molecule has 114 valence electrons. The number of fused-ring (bicyclic) bond motifs is 1. The number of rotatable bonds is 7. The van der Waals surface area contributed by atoms with Crippen LogP contribution in [0.25, 0.3) is 10.2 Å². The van der Waals surface area contributed by atoms with Gasteiger partial charge in [-0.05, 0) is 24.3 Å². The summed E-state index contributed by atoms with van der Waals surface area (Å²) in [5, 5.41) is 4.59. The predicted octanol–water partition coefficient (Wildman–Crippen LogP) is 1.45. The molecule has 0 radical (unpaired) electrons. The van der Waals surface area contributed by atoms with Crippen LogP contribution in [0.5, 0.6) is 0 Å². The van der Waals surface area contributed by atoms with Gasteiger partial charge < -0.3 is 10.3 Å². The minimum Gasteiger partial charge on any atom is -0.356 e. The zero-order valence-electron chi connectivity index (χ0n) is 12.0. The molecule has 2 rings (SSSR count). The average Bonchev–Trinajstić information content (AvgIpc) is 2.91. The minimum absolute atomic E-state index is 0.0369. The number of nitrogens with one attached hydrogen (secondary N) is 2. The largest absolute Gasteiger partial charge is 0.356 e. The highest BCUT2D eigenvalue weighted by Crippen LogP contribution is 2.12. The van der Waals surface area contributed by atoms with Crippen molar-refractivity contribution in [1.29, 1.82) is 0 Å². The predicted molar refractivity (Wildman–Crippen MR) is 83.9 cm³/mol. The molecule has 21 heavy (non-hydrogen) atoms. The van der Waals surface area contributed by atoms with E-state index in [2.05, 4.69) is 17.2 Å². The Hall–Kier alpha value is -1.89. The number of carbonyl (C=O) groups excluding carboxylic acids is 1. The van der Waals surface area contributed by atoms with Crippen LogP contribution in [0.3, 0.4) is 0 Å². The van der Waals surface area contributed by atoms with Gasteiger partial charge >= 0.3 is 5.69 Å². The van der Waals surface area contributed by atoms with E-state index < -0.39 is 5.69 Å². The minimum atomic E-state index is -0.419. The lowest BCUT2D eigenvalue weighted by molar-refractivity contribution is -0.121. The Morgan fingerprint density at radius 1 is 1.38 bits per heavy atom. The summed E-state index contributed by atoms with van der Waals surface area (Å²) in [6.07, 6.45) is 2.78. The highest BCUT2D eigenvalue weighted by Gasteiger charge is 2.09. The quantitative estimate of drug-likeness (QED) is 0.759. The van der Waals surface area contributed by atoms with Crippen LogP contribution in [-0.4, -0.2) is 22.0 Å². The summed E-state index contributed by atoms with van der Waals surface area (Å²) in [7, 11) is 0. The maximum atomic E-state index is 12.1. The molecular weight excluding hydrogens is 290 g/mol. The van der Waals surface area contributed by atoms with E-state index in [1.807, 2.05) is 0 Å². The highest BCUT2D eigenvalue weighted by molar-refractivity contribution is 7.17. The molecule has 0 bridgehead atoms. The van der Waals surface area contributed by atoms with Gasteiger partial charge in [0.05, 0.1) is 5.52 Å². The fraction of sp³-hybridized carbons (Fsp3) is 0.500. The Morgan fingerprint density at radius 2 is 2.19 bits per heavy atom. The van der Waals surface area contributed by atoms with Gasteiger partial charge in [0.25, 0.3) is 5.56 Å². The average molecular weight is 309 g/mol. The topological polar surface area (TPSA) is 84.0 Å². The molecule has 2 aromatic rings. The molecule has 2 N–H and O–H groups in total. The molecule has 0 saturated heterocycles. The molecule has 0 aliphatic carbocycles. The van der Waals surface area contributed by atoms with Crippen LogP contribution in [0, 0.1) is 0 Å². The summed E-state index contributed by atoms with van der Waals surface area (Å²) in [6.45, 7) is 2.99. The van der Waals surface area contributed by atoms with E-state index in [-0.39, 0.29) is 18.0 Å². The summed E-state index contributed by atoms with van der Waals surface area (Å²) in [6, 6.07) is 1.72. The molecule has 7 heteroatoms. The molecule has 0 atom stereocenters. The van der Waals surface area contributed by atoms with Crippen molar-refractivity contribution >= 4 is 27.5 Å². The van der Waals surface area contributed by atoms with Crippen LogP contribution in [0.4, 0.5) is 0 Å². The van der Waals surface area contributed by atoms with E-state index in [1.54, 1.807) is 11.4 Å². The highest BCUT2D eigenvalue weighted by atomic mass is 32.1. The number of carbonyl (C=O) groups is 1. The molecule has 0 aliphatic rings. The zero-order chi connectivity index (χ0) is 15.2. The summed E-state index contributed by atoms with van der Waals surface area (Å²) in [4.78, 5) is 38.2. The van der Waals surface area contributed by atoms with Crippen molar-refractivity contribution in [1.82, 2.24) is 14.9 Å². The van der Waals surface area contributed by atoms with Crippen molar-refractivity contribution < 1.29 is 4.79 Å². The first kappa shape index (κ1) is 15.5. The Bertz CT molecular complexity index is 729. The van der Waals surface area contributed by atoms with Crippen LogP contribution in [0.1, 0.15) is 32.6 Å². The third-order valence-corrected chi connectivity index (χ3v) is 4.13. The van der Waals surface area contributed by atoms with Gasteiger partial charge in [-0.3, -0.25) is 14.2 Å². The van der Waals surface area contributed by atoms with Gasteiger partial charge in [-0.25, -0.2) is 4.79 Å². The summed E-state index contributed by atoms with van der Waals surface area (Å²) in [5.41, 5.74) is -0.129. The van der Waals surface area contributed by atoms with E-state index in [4.69, 9.17) is 0 Å². The fourth-order valence-electron chi connectivity index (χ4n) is 2.06. The number of hydrogen-bond donors (Lipinski definition) is 2. The number of H-pyrrole nitrogens is 1. The molecule has 0 spiro atoms. The summed E-state index contributed by atoms with van der Waals surface area (Å²) < 4.78 is 1.71. The maximum Gasteiger partial charge on any atom is 0.328 e. The van der Waals surface area contributed by atoms with Gasteiger partial charge in [0.2, 0.25) is 5.91 Å². The summed E-state index contributed by atoms with van der Waals surface area (Å²) >= 11 is 1.31. The lowest BCUT2D eigenvalue weighted by atomic mass is 10.2. The second kappa shape index (κ2) is 7.21. The molecule has 0 aromatic carbocycles. The van der Waals surface area contributed by atoms with Crippen molar-refractivity contribution in [2.75, 3.05) is 6.54 Å². The normalized spacial score (nSPS) is 10.9. The van der Waals surface area contributed by atoms with E-state index >= 15 is 0 Å². The third-order valence-electron chi connectivity index (χ3n) is 3.23. The monoisotopic (exact) mass is 309 g/mol. The fourth-order valence-corrected chi connectivity index (χ4v) is 2.86. The third kappa shape index (κ3) is 3.81. The van der Waals surface area contributed by atoms with Crippen LogP contribution >= 0.6 is 11.3 Å². The van der Waals surface area contributed by atoms with E-state index in [9.17, 15) is 14.4 Å². The Labute approximate surface area is 125 Å². The zero-order valence-corrected chi connectivity index (χ0v) is 12.8. The van der Waals surface area contributed by atoms with Gasteiger partial charge in [0.1, 0.15) is 4.70 Å². The molecule has 6 nitrogen and oxygen atoms in total. The van der Waals surface area contributed by atoms with Crippen molar-refractivity contribution in [3.8, 4) is 0 Å². The number of nitrogens with zero attached hydrogens (tertiary/aromatic N) is 1. The van der Waals surface area contributed by atoms with Gasteiger partial charge in [-0.15, -0.1) is 11.3 Å². The SMILES string of the molecule is CCCCNC(=O)CCCn1c(=O)[nH]c2ccsc2c1=O. The molecular formula is C14H19N3O3S. The second-order valence-corrected chi connectivity index (χ2v) is 5.77. The second-order valence-electron chi connectivity index (χ2n) is 4.86. The van der Waals surface area contributed by atoms with Gasteiger partial charge in [-0.1, -0.05) is 13.3 Å². The van der Waals surface area contributed by atoms with Gasteiger partial charge in [0, 0.05) is 19.5 Å². The molecule has 2 heterocycles. The number of aromatic amines is 1. The smallest absolute Gasteiger partial charge is 0.328 e. The van der Waals surface area contributed by atoms with Crippen LogP contribution in [0.15, 0.2) is 21.0 Å². The van der Waals surface area contributed by atoms with Crippen molar-refractivity contribution in [2.24, 2.45) is 0 Å². The lowest BCUT2D eigenvalue weighted by Crippen LogP contribution is -2.35. The van der Waals surface area contributed by atoms with Gasteiger partial charge in [0.15, 0.2) is 0 Å². The Morgan fingerprint density at radius 3 is 2.95 bits per heavy atom. The standard InChI is InChI=1S/C14H19N3O3S/c1-2-3-7-15-11(18)5-4-8-17-13(19)12-10(6-9-21-12)16-14(17)20/h6,9H,2-5,7-8H2,1H3,(H,15,18)(H,16,20). The number of hydrogen-bond acceptors (Lipinski definition) is 4. The molecule has 0 aliphatic heterocycles. The first-order valence-corrected chi connectivity index (χ1v) is 7.98. The van der Waals surface area contributed by atoms with Crippen LogP contribution in [0.2, 0.25) is 0 Å². The van der Waals surface area contributed by atoms with Crippen molar-refractivity contribution in [3.05, 3.63) is 32.3 Å². The maximum absolute atomic E-state index is 12.1. The first-order valence-electron chi connectivity index (χ1n) is 7.10. The Kier molecular flexibility index (Phi) is 5.32. The number of amides is 1. The molecule has 0 fully saturated rings. The molecule has 2 aromatic heterocycles. The first-order chi connectivity index (χ1) is 10.1. The van der Waals surface area contributed by atoms with Crippen LogP contribution in [-0.2, 0) is 11.3 Å². The number of thiophene rings is 1. The molecule has 1 amide bonds. The van der Waals surface area contributed by atoms with E-state index in [1.165, 1.54) is 11.3 Å². The van der Waals surface area contributed by atoms with E-state index in [0.717, 1.165) is 17.4 Å².